The van der Waals surface area contributed by atoms with E-state index in [9.17, 15) is 0 Å². The van der Waals surface area contributed by atoms with Crippen LogP contribution < -0.4 is 0 Å². The number of pyridine rings is 1. The van der Waals surface area contributed by atoms with Gasteiger partial charge in [0, 0.05) is 6.20 Å². The first-order valence-corrected chi connectivity index (χ1v) is 6.07. The summed E-state index contributed by atoms with van der Waals surface area (Å²) in [7, 11) is 0. The zero-order valence-electron chi connectivity index (χ0n) is 7.89. The highest BCUT2D eigenvalue weighted by molar-refractivity contribution is 7.19. The molecule has 6 heteroatoms. The predicted molar refractivity (Wildman–Crippen MR) is 66.3 cm³/mol. The van der Waals surface area contributed by atoms with Gasteiger partial charge in [-0.05, 0) is 24.3 Å². The number of hydrogen-bond donors (Lipinski definition) is 0. The summed E-state index contributed by atoms with van der Waals surface area (Å²) in [6, 6.07) is 7.36. The molecule has 0 aromatic carbocycles. The van der Waals surface area contributed by atoms with E-state index in [1.54, 1.807) is 16.8 Å². The zero-order valence-corrected chi connectivity index (χ0v) is 10.2. The number of hydrogen-bond acceptors (Lipinski definition) is 3. The molecule has 0 bridgehead atoms. The van der Waals surface area contributed by atoms with Crippen LogP contribution in [0.4, 0.5) is 0 Å². The molecule has 0 aliphatic rings. The Morgan fingerprint density at radius 3 is 2.75 bits per heavy atom. The van der Waals surface area contributed by atoms with Gasteiger partial charge in [0.2, 0.25) is 0 Å². The number of halogens is 2. The number of thiophene rings is 1. The summed E-state index contributed by atoms with van der Waals surface area (Å²) in [6.07, 6.45) is 1.72. The molecule has 0 N–H and O–H groups in total. The fraction of sp³-hybridized carbons (Fsp3) is 0. The molecule has 0 radical (unpaired) electrons. The Kier molecular flexibility index (Phi) is 2.35. The van der Waals surface area contributed by atoms with Crippen molar-refractivity contribution in [3.05, 3.63) is 39.8 Å². The molecule has 16 heavy (non-hydrogen) atoms. The van der Waals surface area contributed by atoms with Gasteiger partial charge in [0.25, 0.3) is 0 Å². The lowest BCUT2D eigenvalue weighted by Crippen LogP contribution is -1.85. The SMILES string of the molecule is Clc1ccc2nc(-c3ccc(Cl)s3)nn2c1. The average molecular weight is 270 g/mol. The quantitative estimate of drug-likeness (QED) is 0.673. The lowest BCUT2D eigenvalue weighted by molar-refractivity contribution is 0.967. The van der Waals surface area contributed by atoms with Crippen LogP contribution in [-0.2, 0) is 0 Å². The highest BCUT2D eigenvalue weighted by atomic mass is 35.5. The van der Waals surface area contributed by atoms with Crippen LogP contribution in [0, 0.1) is 0 Å². The first-order valence-electron chi connectivity index (χ1n) is 4.50. The Balaban J connectivity index is 2.18. The second-order valence-corrected chi connectivity index (χ2v) is 5.34. The molecule has 3 nitrogen and oxygen atoms in total. The molecule has 0 fully saturated rings. The number of fused-ring (bicyclic) bond motifs is 1. The van der Waals surface area contributed by atoms with Crippen molar-refractivity contribution >= 4 is 40.2 Å². The maximum Gasteiger partial charge on any atom is 0.192 e. The van der Waals surface area contributed by atoms with Gasteiger partial charge in [-0.25, -0.2) is 9.50 Å². The van der Waals surface area contributed by atoms with Crippen molar-refractivity contribution in [3.63, 3.8) is 0 Å². The zero-order chi connectivity index (χ0) is 11.1. The highest BCUT2D eigenvalue weighted by Crippen LogP contribution is 2.29. The van der Waals surface area contributed by atoms with Gasteiger partial charge in [-0.2, -0.15) is 0 Å². The Morgan fingerprint density at radius 2 is 2.00 bits per heavy atom. The minimum atomic E-state index is 0.633. The Labute approximate surface area is 105 Å². The van der Waals surface area contributed by atoms with E-state index in [4.69, 9.17) is 23.2 Å². The minimum Gasteiger partial charge on any atom is -0.219 e. The van der Waals surface area contributed by atoms with Gasteiger partial charge in [-0.1, -0.05) is 23.2 Å². The van der Waals surface area contributed by atoms with E-state index in [1.807, 2.05) is 18.2 Å². The van der Waals surface area contributed by atoms with E-state index in [0.717, 1.165) is 14.9 Å². The number of nitrogens with zero attached hydrogens (tertiary/aromatic N) is 3. The first-order chi connectivity index (χ1) is 7.72. The van der Waals surface area contributed by atoms with E-state index in [-0.39, 0.29) is 0 Å². The van der Waals surface area contributed by atoms with Crippen LogP contribution in [0.1, 0.15) is 0 Å². The molecule has 3 heterocycles. The highest BCUT2D eigenvalue weighted by Gasteiger charge is 2.08. The second kappa shape index (κ2) is 3.73. The predicted octanol–water partition coefficient (Wildman–Crippen LogP) is 3.76. The lowest BCUT2D eigenvalue weighted by atomic mass is 10.4. The van der Waals surface area contributed by atoms with Gasteiger partial charge in [0.15, 0.2) is 11.5 Å². The summed E-state index contributed by atoms with van der Waals surface area (Å²) in [5, 5.41) is 4.96. The maximum absolute atomic E-state index is 5.87. The van der Waals surface area contributed by atoms with Gasteiger partial charge in [0.05, 0.1) is 14.2 Å². The second-order valence-electron chi connectivity index (χ2n) is 3.19. The molecule has 0 aliphatic carbocycles. The summed E-state index contributed by atoms with van der Waals surface area (Å²) in [5.41, 5.74) is 0.768. The number of rotatable bonds is 1. The van der Waals surface area contributed by atoms with Crippen LogP contribution in [0.5, 0.6) is 0 Å². The Hall–Kier alpha value is -1.10. The maximum atomic E-state index is 5.87. The normalized spacial score (nSPS) is 11.1. The van der Waals surface area contributed by atoms with Gasteiger partial charge in [-0.15, -0.1) is 16.4 Å². The summed E-state index contributed by atoms with van der Waals surface area (Å²) < 4.78 is 2.39. The molecule has 0 saturated heterocycles. The fourth-order valence-corrected chi connectivity index (χ4v) is 2.52. The third-order valence-electron chi connectivity index (χ3n) is 2.09. The van der Waals surface area contributed by atoms with Gasteiger partial charge >= 0.3 is 0 Å². The molecular weight excluding hydrogens is 265 g/mol. The largest absolute Gasteiger partial charge is 0.219 e. The fourth-order valence-electron chi connectivity index (χ4n) is 1.40. The van der Waals surface area contributed by atoms with Crippen molar-refractivity contribution in [3.8, 4) is 10.7 Å². The monoisotopic (exact) mass is 269 g/mol. The average Bonchev–Trinajstić information content (AvgIpc) is 2.83. The third kappa shape index (κ3) is 1.69. The topological polar surface area (TPSA) is 30.2 Å². The summed E-state index contributed by atoms with van der Waals surface area (Å²) in [6.45, 7) is 0. The third-order valence-corrected chi connectivity index (χ3v) is 3.54. The van der Waals surface area contributed by atoms with Gasteiger partial charge in [0.1, 0.15) is 0 Å². The van der Waals surface area contributed by atoms with Crippen molar-refractivity contribution in [1.29, 1.82) is 0 Å². The molecule has 0 aliphatic heterocycles. The lowest BCUT2D eigenvalue weighted by Gasteiger charge is -1.89. The minimum absolute atomic E-state index is 0.633. The van der Waals surface area contributed by atoms with E-state index in [0.29, 0.717) is 10.8 Å². The Morgan fingerprint density at radius 1 is 1.12 bits per heavy atom. The molecule has 3 rings (SSSR count). The van der Waals surface area contributed by atoms with Crippen molar-refractivity contribution in [1.82, 2.24) is 14.6 Å². The molecule has 0 atom stereocenters. The summed E-state index contributed by atoms with van der Waals surface area (Å²) in [5.74, 6) is 0.666. The van der Waals surface area contributed by atoms with Crippen molar-refractivity contribution < 1.29 is 0 Å². The van der Waals surface area contributed by atoms with E-state index in [1.165, 1.54) is 11.3 Å². The van der Waals surface area contributed by atoms with Crippen LogP contribution >= 0.6 is 34.5 Å². The molecule has 0 amide bonds. The molecule has 0 saturated carbocycles. The van der Waals surface area contributed by atoms with E-state index >= 15 is 0 Å². The van der Waals surface area contributed by atoms with Crippen LogP contribution in [0.2, 0.25) is 9.36 Å². The van der Waals surface area contributed by atoms with Crippen LogP contribution in [-0.4, -0.2) is 14.6 Å². The molecule has 0 unspecified atom stereocenters. The first kappa shape index (κ1) is 10.1. The van der Waals surface area contributed by atoms with Crippen LogP contribution in [0.15, 0.2) is 30.5 Å². The molecular formula is C10H5Cl2N3S. The van der Waals surface area contributed by atoms with Gasteiger partial charge in [-0.3, -0.25) is 0 Å². The Bertz CT molecular complexity index is 659. The van der Waals surface area contributed by atoms with E-state index < -0.39 is 0 Å². The molecule has 80 valence electrons. The molecule has 0 spiro atoms. The summed E-state index contributed by atoms with van der Waals surface area (Å²) in [4.78, 5) is 5.33. The standard InChI is InChI=1S/C10H5Cl2N3S/c11-6-1-4-9-13-10(14-15(9)5-6)7-2-3-8(12)16-7/h1-5H. The van der Waals surface area contributed by atoms with Crippen molar-refractivity contribution in [2.45, 2.75) is 0 Å². The van der Waals surface area contributed by atoms with E-state index in [2.05, 4.69) is 10.1 Å². The number of aromatic nitrogens is 3. The molecule has 3 aromatic heterocycles. The van der Waals surface area contributed by atoms with Crippen LogP contribution in [0.25, 0.3) is 16.3 Å². The van der Waals surface area contributed by atoms with Crippen molar-refractivity contribution in [2.24, 2.45) is 0 Å². The molecule has 3 aromatic rings. The van der Waals surface area contributed by atoms with Crippen LogP contribution in [0.3, 0.4) is 0 Å². The van der Waals surface area contributed by atoms with Gasteiger partial charge < -0.3 is 0 Å². The smallest absolute Gasteiger partial charge is 0.192 e. The summed E-state index contributed by atoms with van der Waals surface area (Å²) >= 11 is 13.2. The van der Waals surface area contributed by atoms with Crippen molar-refractivity contribution in [2.75, 3.05) is 0 Å².